The Morgan fingerprint density at radius 1 is 1.47 bits per heavy atom. The Morgan fingerprint density at radius 3 is 2.93 bits per heavy atom. The van der Waals surface area contributed by atoms with Gasteiger partial charge in [-0.1, -0.05) is 6.07 Å². The van der Waals surface area contributed by atoms with Gasteiger partial charge in [-0.2, -0.15) is 0 Å². The normalized spacial score (nSPS) is 12.9. The minimum Gasteiger partial charge on any atom is -0.304 e. The van der Waals surface area contributed by atoms with E-state index in [9.17, 15) is 0 Å². The second kappa shape index (κ2) is 4.88. The molecule has 4 heteroatoms. The molecule has 1 N–H and O–H groups in total. The minimum atomic E-state index is 0.423. The molecule has 0 bridgehead atoms. The smallest absolute Gasteiger partial charge is 0.0798 e. The summed E-state index contributed by atoms with van der Waals surface area (Å²) in [6.45, 7) is 5.17. The van der Waals surface area contributed by atoms with Gasteiger partial charge in [-0.3, -0.25) is 0 Å². The third-order valence-electron chi connectivity index (χ3n) is 2.38. The molecule has 2 nitrogen and oxygen atoms in total. The second-order valence-corrected chi connectivity index (χ2v) is 5.40. The molecule has 0 unspecified atom stereocenters. The van der Waals surface area contributed by atoms with Crippen LogP contribution >= 0.6 is 22.7 Å². The van der Waals surface area contributed by atoms with Gasteiger partial charge in [-0.05, 0) is 25.3 Å². The summed E-state index contributed by atoms with van der Waals surface area (Å²) in [6, 6.07) is 4.68. The summed E-state index contributed by atoms with van der Waals surface area (Å²) in [5.41, 5.74) is 3.05. The van der Waals surface area contributed by atoms with Gasteiger partial charge >= 0.3 is 0 Å². The van der Waals surface area contributed by atoms with Crippen LogP contribution < -0.4 is 5.32 Å². The predicted molar refractivity (Wildman–Crippen MR) is 66.4 cm³/mol. The van der Waals surface area contributed by atoms with E-state index in [4.69, 9.17) is 0 Å². The topological polar surface area (TPSA) is 24.9 Å². The number of thiazole rings is 1. The molecule has 0 aliphatic rings. The average Bonchev–Trinajstić information content (AvgIpc) is 2.85. The minimum absolute atomic E-state index is 0.423. The fraction of sp³-hybridized carbons (Fsp3) is 0.364. The van der Waals surface area contributed by atoms with Crippen molar-refractivity contribution >= 4 is 22.7 Å². The molecular formula is C11H14N2S2. The van der Waals surface area contributed by atoms with Gasteiger partial charge in [0.05, 0.1) is 11.2 Å². The van der Waals surface area contributed by atoms with Gasteiger partial charge in [0.2, 0.25) is 0 Å². The zero-order valence-corrected chi connectivity index (χ0v) is 10.5. The molecule has 0 saturated carbocycles. The Hall–Kier alpha value is -0.710. The summed E-state index contributed by atoms with van der Waals surface area (Å²) in [5.74, 6) is 0. The Balaban J connectivity index is 1.91. The maximum absolute atomic E-state index is 4.24. The Kier molecular flexibility index (Phi) is 3.51. The van der Waals surface area contributed by atoms with E-state index in [1.165, 1.54) is 9.75 Å². The molecule has 2 heterocycles. The molecule has 80 valence electrons. The number of thiophene rings is 1. The summed E-state index contributed by atoms with van der Waals surface area (Å²) >= 11 is 3.52. The first-order valence-electron chi connectivity index (χ1n) is 4.93. The van der Waals surface area contributed by atoms with Crippen LogP contribution in [0.5, 0.6) is 0 Å². The first kappa shape index (κ1) is 10.8. The van der Waals surface area contributed by atoms with Gasteiger partial charge in [0.25, 0.3) is 0 Å². The predicted octanol–water partition coefficient (Wildman–Crippen LogP) is 3.36. The number of hydrogen-bond acceptors (Lipinski definition) is 4. The highest BCUT2D eigenvalue weighted by atomic mass is 32.1. The van der Waals surface area contributed by atoms with Crippen LogP contribution in [0.25, 0.3) is 0 Å². The third kappa shape index (κ3) is 2.65. The largest absolute Gasteiger partial charge is 0.304 e. The highest BCUT2D eigenvalue weighted by Crippen LogP contribution is 2.19. The van der Waals surface area contributed by atoms with E-state index in [2.05, 4.69) is 41.7 Å². The van der Waals surface area contributed by atoms with Gasteiger partial charge in [0.1, 0.15) is 0 Å². The lowest BCUT2D eigenvalue weighted by Gasteiger charge is -2.11. The number of nitrogens with one attached hydrogen (secondary N) is 1. The van der Waals surface area contributed by atoms with Crippen molar-refractivity contribution in [1.29, 1.82) is 0 Å². The van der Waals surface area contributed by atoms with Crippen LogP contribution in [0.1, 0.15) is 28.4 Å². The standard InChI is InChI=1S/C11H14N2S2/c1-8(10-4-3-5-14-10)12-6-11-9(2)13-7-15-11/h3-5,7-8,12H,6H2,1-2H3/t8-/m1/s1. The van der Waals surface area contributed by atoms with Gasteiger partial charge < -0.3 is 5.32 Å². The zero-order valence-electron chi connectivity index (χ0n) is 8.86. The molecule has 0 fully saturated rings. The van der Waals surface area contributed by atoms with Gasteiger partial charge in [-0.15, -0.1) is 22.7 Å². The molecule has 2 aromatic rings. The molecule has 0 spiro atoms. The van der Waals surface area contributed by atoms with E-state index in [-0.39, 0.29) is 0 Å². The van der Waals surface area contributed by atoms with Crippen molar-refractivity contribution in [2.24, 2.45) is 0 Å². The van der Waals surface area contributed by atoms with Crippen LogP contribution in [0.2, 0.25) is 0 Å². The summed E-state index contributed by atoms with van der Waals surface area (Å²) in [6.07, 6.45) is 0. The number of hydrogen-bond donors (Lipinski definition) is 1. The van der Waals surface area contributed by atoms with Crippen LogP contribution in [0.4, 0.5) is 0 Å². The van der Waals surface area contributed by atoms with E-state index in [1.54, 1.807) is 22.7 Å². The van der Waals surface area contributed by atoms with Crippen LogP contribution in [-0.2, 0) is 6.54 Å². The molecule has 0 saturated heterocycles. The SMILES string of the molecule is Cc1ncsc1CN[C@H](C)c1cccs1. The molecule has 15 heavy (non-hydrogen) atoms. The summed E-state index contributed by atoms with van der Waals surface area (Å²) in [7, 11) is 0. The summed E-state index contributed by atoms with van der Waals surface area (Å²) < 4.78 is 0. The molecule has 0 aliphatic carbocycles. The third-order valence-corrected chi connectivity index (χ3v) is 4.37. The van der Waals surface area contributed by atoms with Crippen molar-refractivity contribution in [1.82, 2.24) is 10.3 Å². The number of aryl methyl sites for hydroxylation is 1. The molecule has 0 aliphatic heterocycles. The van der Waals surface area contributed by atoms with Crippen molar-refractivity contribution < 1.29 is 0 Å². The molecule has 0 radical (unpaired) electrons. The van der Waals surface area contributed by atoms with E-state index < -0.39 is 0 Å². The zero-order chi connectivity index (χ0) is 10.7. The Morgan fingerprint density at radius 2 is 2.33 bits per heavy atom. The first-order chi connectivity index (χ1) is 7.27. The molecule has 2 rings (SSSR count). The van der Waals surface area contributed by atoms with E-state index in [0.717, 1.165) is 12.2 Å². The average molecular weight is 238 g/mol. The Labute approximate surface area is 98.0 Å². The second-order valence-electron chi connectivity index (χ2n) is 3.48. The van der Waals surface area contributed by atoms with Crippen molar-refractivity contribution in [2.75, 3.05) is 0 Å². The first-order valence-corrected chi connectivity index (χ1v) is 6.69. The molecule has 2 aromatic heterocycles. The molecule has 1 atom stereocenters. The number of rotatable bonds is 4. The van der Waals surface area contributed by atoms with Gasteiger partial charge in [0, 0.05) is 22.3 Å². The summed E-state index contributed by atoms with van der Waals surface area (Å²) in [4.78, 5) is 6.96. The van der Waals surface area contributed by atoms with Crippen LogP contribution in [0, 0.1) is 6.92 Å². The van der Waals surface area contributed by atoms with Crippen LogP contribution in [-0.4, -0.2) is 4.98 Å². The maximum Gasteiger partial charge on any atom is 0.0798 e. The lowest BCUT2D eigenvalue weighted by molar-refractivity contribution is 0.585. The van der Waals surface area contributed by atoms with Crippen LogP contribution in [0.3, 0.4) is 0 Å². The highest BCUT2D eigenvalue weighted by Gasteiger charge is 2.07. The molecule has 0 amide bonds. The highest BCUT2D eigenvalue weighted by molar-refractivity contribution is 7.10. The number of nitrogens with zero attached hydrogens (tertiary/aromatic N) is 1. The Bertz CT molecular complexity index is 406. The quantitative estimate of drug-likeness (QED) is 0.883. The van der Waals surface area contributed by atoms with Crippen molar-refractivity contribution in [3.05, 3.63) is 38.5 Å². The lowest BCUT2D eigenvalue weighted by Crippen LogP contribution is -2.16. The monoisotopic (exact) mass is 238 g/mol. The summed E-state index contributed by atoms with van der Waals surface area (Å²) in [5, 5.41) is 5.63. The van der Waals surface area contributed by atoms with Crippen LogP contribution in [0.15, 0.2) is 23.0 Å². The van der Waals surface area contributed by atoms with Gasteiger partial charge in [-0.25, -0.2) is 4.98 Å². The number of aromatic nitrogens is 1. The lowest BCUT2D eigenvalue weighted by atomic mass is 10.2. The maximum atomic E-state index is 4.24. The van der Waals surface area contributed by atoms with E-state index in [0.29, 0.717) is 6.04 Å². The fourth-order valence-electron chi connectivity index (χ4n) is 1.38. The molecular weight excluding hydrogens is 224 g/mol. The fourth-order valence-corrected chi connectivity index (χ4v) is 2.87. The van der Waals surface area contributed by atoms with Crippen molar-refractivity contribution in [3.63, 3.8) is 0 Å². The van der Waals surface area contributed by atoms with Crippen molar-refractivity contribution in [3.8, 4) is 0 Å². The van der Waals surface area contributed by atoms with E-state index >= 15 is 0 Å². The van der Waals surface area contributed by atoms with Crippen molar-refractivity contribution in [2.45, 2.75) is 26.4 Å². The molecule has 0 aromatic carbocycles. The van der Waals surface area contributed by atoms with E-state index in [1.807, 2.05) is 5.51 Å². The van der Waals surface area contributed by atoms with Gasteiger partial charge in [0.15, 0.2) is 0 Å².